The number of rotatable bonds is 20. The normalized spacial score (nSPS) is 13.1. The van der Waals surface area contributed by atoms with Gasteiger partial charge in [-0.25, -0.2) is 4.39 Å². The number of ether oxygens (including phenoxy) is 5. The molecule has 1 amide bonds. The van der Waals surface area contributed by atoms with Crippen molar-refractivity contribution in [3.63, 3.8) is 0 Å². The molecule has 0 aliphatic heterocycles. The maximum atomic E-state index is 14.3. The summed E-state index contributed by atoms with van der Waals surface area (Å²) in [6, 6.07) is 0. The number of Topliss-reactive ketones (excluding diaryl/α,β-unsaturated/α-hetero) is 1. The average Bonchev–Trinajstić information content (AvgIpc) is 2.71. The van der Waals surface area contributed by atoms with Crippen molar-refractivity contribution in [2.24, 2.45) is 11.8 Å². The summed E-state index contributed by atoms with van der Waals surface area (Å²) in [5.74, 6) is -0.298. The minimum atomic E-state index is -1.32. The van der Waals surface area contributed by atoms with Gasteiger partial charge in [-0.05, 0) is 13.8 Å². The molecule has 0 aliphatic rings. The van der Waals surface area contributed by atoms with Crippen LogP contribution < -0.4 is 5.32 Å². The number of ketones is 1. The smallest absolute Gasteiger partial charge is 0.222 e. The van der Waals surface area contributed by atoms with Gasteiger partial charge in [0.05, 0.1) is 65.0 Å². The van der Waals surface area contributed by atoms with Crippen molar-refractivity contribution in [1.82, 2.24) is 5.32 Å². The Balaban J connectivity index is 3.52. The van der Waals surface area contributed by atoms with Gasteiger partial charge < -0.3 is 29.0 Å². The molecule has 9 heteroatoms. The molecule has 0 saturated heterocycles. The van der Waals surface area contributed by atoms with Crippen molar-refractivity contribution in [3.8, 4) is 0 Å². The summed E-state index contributed by atoms with van der Waals surface area (Å²) in [7, 11) is 0. The van der Waals surface area contributed by atoms with E-state index >= 15 is 0 Å². The van der Waals surface area contributed by atoms with Crippen LogP contribution in [0.5, 0.6) is 0 Å². The van der Waals surface area contributed by atoms with Crippen molar-refractivity contribution in [2.45, 2.75) is 53.3 Å². The number of carbonyl (C=O) groups excluding carboxylic acids is 2. The molecule has 0 spiro atoms. The molecule has 1 unspecified atom stereocenters. The van der Waals surface area contributed by atoms with Crippen LogP contribution in [0.3, 0.4) is 0 Å². The molecule has 0 aromatic heterocycles. The predicted octanol–water partition coefficient (Wildman–Crippen LogP) is 2.18. The van der Waals surface area contributed by atoms with Crippen LogP contribution >= 0.6 is 0 Å². The Bertz CT molecular complexity index is 486. The monoisotopic (exact) mass is 451 g/mol. The third-order valence-electron chi connectivity index (χ3n) is 4.44. The van der Waals surface area contributed by atoms with E-state index in [1.807, 2.05) is 13.8 Å². The van der Waals surface area contributed by atoms with Gasteiger partial charge in [-0.2, -0.15) is 0 Å². The van der Waals surface area contributed by atoms with E-state index < -0.39 is 11.8 Å². The van der Waals surface area contributed by atoms with E-state index in [9.17, 15) is 14.0 Å². The van der Waals surface area contributed by atoms with Crippen LogP contribution in [-0.2, 0) is 33.3 Å². The zero-order valence-corrected chi connectivity index (χ0v) is 20.0. The van der Waals surface area contributed by atoms with Gasteiger partial charge >= 0.3 is 0 Å². The number of hydrogen-bond acceptors (Lipinski definition) is 7. The molecule has 0 aliphatic carbocycles. The molecule has 31 heavy (non-hydrogen) atoms. The second-order valence-electron chi connectivity index (χ2n) is 8.33. The van der Waals surface area contributed by atoms with Gasteiger partial charge in [-0.15, -0.1) is 0 Å². The Morgan fingerprint density at radius 3 is 1.68 bits per heavy atom. The summed E-state index contributed by atoms with van der Waals surface area (Å²) in [5, 5.41) is 2.57. The Kier molecular flexibility index (Phi) is 16.8. The minimum Gasteiger partial charge on any atom is -0.377 e. The summed E-state index contributed by atoms with van der Waals surface area (Å²) in [5.41, 5.74) is -1.02. The first kappa shape index (κ1) is 29.9. The Labute approximate surface area is 186 Å². The summed E-state index contributed by atoms with van der Waals surface area (Å²) < 4.78 is 41.2. The van der Waals surface area contributed by atoms with Crippen LogP contribution in [0, 0.1) is 11.8 Å². The van der Waals surface area contributed by atoms with Gasteiger partial charge in [0.15, 0.2) is 5.78 Å². The van der Waals surface area contributed by atoms with Crippen molar-refractivity contribution in [1.29, 1.82) is 0 Å². The van der Waals surface area contributed by atoms with E-state index in [-0.39, 0.29) is 43.3 Å². The maximum absolute atomic E-state index is 14.3. The summed E-state index contributed by atoms with van der Waals surface area (Å²) >= 11 is 0. The molecule has 1 atom stereocenters. The van der Waals surface area contributed by atoms with Crippen LogP contribution in [0.2, 0.25) is 0 Å². The second kappa shape index (κ2) is 17.4. The van der Waals surface area contributed by atoms with Gasteiger partial charge in [-0.3, -0.25) is 9.59 Å². The average molecular weight is 452 g/mol. The quantitative estimate of drug-likeness (QED) is 0.284. The fourth-order valence-corrected chi connectivity index (χ4v) is 2.09. The van der Waals surface area contributed by atoms with Crippen molar-refractivity contribution < 1.29 is 37.7 Å². The molecule has 0 aromatic rings. The Morgan fingerprint density at radius 2 is 1.23 bits per heavy atom. The predicted molar refractivity (Wildman–Crippen MR) is 116 cm³/mol. The highest BCUT2D eigenvalue weighted by atomic mass is 19.1. The lowest BCUT2D eigenvalue weighted by atomic mass is 10.0. The van der Waals surface area contributed by atoms with E-state index in [4.69, 9.17) is 23.7 Å². The third kappa shape index (κ3) is 16.2. The molecule has 1 N–H and O–H groups in total. The van der Waals surface area contributed by atoms with E-state index in [1.54, 1.807) is 27.7 Å². The van der Waals surface area contributed by atoms with Crippen molar-refractivity contribution in [2.75, 3.05) is 66.0 Å². The number of nitrogens with one attached hydrogen (secondary N) is 1. The first-order valence-corrected chi connectivity index (χ1v) is 11.0. The van der Waals surface area contributed by atoms with Crippen molar-refractivity contribution >= 4 is 11.7 Å². The highest BCUT2D eigenvalue weighted by Gasteiger charge is 2.30. The molecule has 0 bridgehead atoms. The molecule has 184 valence electrons. The number of alkyl halides is 1. The summed E-state index contributed by atoms with van der Waals surface area (Å²) in [6.07, 6.45) is -1.32. The van der Waals surface area contributed by atoms with Crippen molar-refractivity contribution in [3.05, 3.63) is 0 Å². The zero-order chi connectivity index (χ0) is 23.7. The molecule has 0 saturated carbocycles. The third-order valence-corrected chi connectivity index (χ3v) is 4.44. The number of hydrogen-bond donors (Lipinski definition) is 1. The SMILES string of the molecule is CC(C)C(=O)COCCOCCOCCOCCOC(C)(C)C(F)CNC(=O)C(C)C. The van der Waals surface area contributed by atoms with Gasteiger partial charge in [-0.1, -0.05) is 27.7 Å². The van der Waals surface area contributed by atoms with Crippen LogP contribution in [0.1, 0.15) is 41.5 Å². The highest BCUT2D eigenvalue weighted by molar-refractivity contribution is 5.81. The number of amides is 1. The summed E-state index contributed by atoms with van der Waals surface area (Å²) in [6.45, 7) is 13.6. The number of halogens is 1. The lowest BCUT2D eigenvalue weighted by Crippen LogP contribution is -2.45. The molecular formula is C22H42FNO7. The largest absolute Gasteiger partial charge is 0.377 e. The van der Waals surface area contributed by atoms with Crippen LogP contribution in [-0.4, -0.2) is 89.5 Å². The fourth-order valence-electron chi connectivity index (χ4n) is 2.09. The molecular weight excluding hydrogens is 409 g/mol. The Hall–Kier alpha value is -1.13. The van der Waals surface area contributed by atoms with Crippen LogP contribution in [0.15, 0.2) is 0 Å². The van der Waals surface area contributed by atoms with Crippen LogP contribution in [0.4, 0.5) is 4.39 Å². The van der Waals surface area contributed by atoms with E-state index in [1.165, 1.54) is 0 Å². The Morgan fingerprint density at radius 1 is 0.774 bits per heavy atom. The first-order chi connectivity index (χ1) is 14.6. The fraction of sp³-hybridized carbons (Fsp3) is 0.909. The molecule has 0 rings (SSSR count). The van der Waals surface area contributed by atoms with E-state index in [0.717, 1.165) is 0 Å². The lowest BCUT2D eigenvalue weighted by molar-refractivity contribution is -0.127. The zero-order valence-electron chi connectivity index (χ0n) is 20.0. The van der Waals surface area contributed by atoms with Crippen LogP contribution in [0.25, 0.3) is 0 Å². The molecule has 0 radical (unpaired) electrons. The molecule has 0 heterocycles. The molecule has 0 aromatic carbocycles. The topological polar surface area (TPSA) is 92.3 Å². The molecule has 0 fully saturated rings. The minimum absolute atomic E-state index is 0.0148. The number of carbonyl (C=O) groups is 2. The molecule has 8 nitrogen and oxygen atoms in total. The van der Waals surface area contributed by atoms with Gasteiger partial charge in [0.25, 0.3) is 0 Å². The first-order valence-electron chi connectivity index (χ1n) is 11.0. The standard InChI is InChI=1S/C22H42FNO7/c1-17(2)19(25)16-30-12-11-28-8-7-27-9-10-29-13-14-31-22(5,6)20(23)15-24-21(26)18(3)4/h17-18,20H,7-16H2,1-6H3,(H,24,26). The highest BCUT2D eigenvalue weighted by Crippen LogP contribution is 2.17. The lowest BCUT2D eigenvalue weighted by Gasteiger charge is -2.29. The van der Waals surface area contributed by atoms with E-state index in [2.05, 4.69) is 5.32 Å². The maximum Gasteiger partial charge on any atom is 0.222 e. The van der Waals surface area contributed by atoms with Gasteiger partial charge in [0, 0.05) is 11.8 Å². The second-order valence-corrected chi connectivity index (χ2v) is 8.33. The summed E-state index contributed by atoms with van der Waals surface area (Å²) in [4.78, 5) is 22.9. The van der Waals surface area contributed by atoms with Gasteiger partial charge in [0.1, 0.15) is 12.8 Å². The van der Waals surface area contributed by atoms with E-state index in [0.29, 0.717) is 46.2 Å². The van der Waals surface area contributed by atoms with Gasteiger partial charge in [0.2, 0.25) is 5.91 Å².